The zero-order valence-corrected chi connectivity index (χ0v) is 12.5. The summed E-state index contributed by atoms with van der Waals surface area (Å²) in [6, 6.07) is 9.95. The van der Waals surface area contributed by atoms with Gasteiger partial charge in [0, 0.05) is 0 Å². The van der Waals surface area contributed by atoms with Crippen LogP contribution in [0.3, 0.4) is 0 Å². The minimum atomic E-state index is -0.449. The van der Waals surface area contributed by atoms with E-state index in [-0.39, 0.29) is 5.97 Å². The van der Waals surface area contributed by atoms with Crippen LogP contribution >= 0.6 is 11.8 Å². The predicted octanol–water partition coefficient (Wildman–Crippen LogP) is 2.40. The molecule has 0 N–H and O–H groups in total. The summed E-state index contributed by atoms with van der Waals surface area (Å²) in [6.07, 6.45) is 2.18. The van der Waals surface area contributed by atoms with Crippen LogP contribution in [0.5, 0.6) is 0 Å². The maximum Gasteiger partial charge on any atom is 0.324 e. The summed E-state index contributed by atoms with van der Waals surface area (Å²) in [5.74, 6) is -0.265. The summed E-state index contributed by atoms with van der Waals surface area (Å²) in [5, 5.41) is 12.0. The van der Waals surface area contributed by atoms with Gasteiger partial charge >= 0.3 is 5.97 Å². The first kappa shape index (κ1) is 14.1. The average molecular weight is 304 g/mol. The van der Waals surface area contributed by atoms with Gasteiger partial charge in [-0.1, -0.05) is 42.1 Å². The summed E-state index contributed by atoms with van der Waals surface area (Å²) in [7, 11) is 0. The number of ether oxygens (including phenoxy) is 1. The topological polar surface area (TPSA) is 69.9 Å². The maximum atomic E-state index is 12.2. The van der Waals surface area contributed by atoms with Gasteiger partial charge in [0.05, 0.1) is 12.6 Å². The zero-order chi connectivity index (χ0) is 14.7. The molecule has 0 saturated heterocycles. The molecule has 6 nitrogen and oxygen atoms in total. The van der Waals surface area contributed by atoms with Gasteiger partial charge in [0.1, 0.15) is 5.25 Å². The number of hydrogen-bond acceptors (Lipinski definition) is 6. The summed E-state index contributed by atoms with van der Waals surface area (Å²) in [5.41, 5.74) is 0.895. The van der Waals surface area contributed by atoms with Gasteiger partial charge in [-0.2, -0.15) is 0 Å². The highest BCUT2D eigenvalue weighted by Gasteiger charge is 2.31. The number of nitrogens with zero attached hydrogens (tertiary/aromatic N) is 4. The first-order valence-corrected chi connectivity index (χ1v) is 7.83. The fourth-order valence-electron chi connectivity index (χ4n) is 2.01. The monoisotopic (exact) mass is 304 g/mol. The first-order chi connectivity index (χ1) is 10.3. The fraction of sp³-hybridized carbons (Fsp3) is 0.429. The number of benzene rings is 1. The quantitative estimate of drug-likeness (QED) is 0.603. The van der Waals surface area contributed by atoms with Gasteiger partial charge in [0.25, 0.3) is 0 Å². The second-order valence-electron chi connectivity index (χ2n) is 4.80. The van der Waals surface area contributed by atoms with Crippen LogP contribution in [0, 0.1) is 0 Å². The lowest BCUT2D eigenvalue weighted by atomic mass is 10.1. The molecule has 1 aromatic heterocycles. The van der Waals surface area contributed by atoms with Crippen LogP contribution in [0.1, 0.15) is 36.6 Å². The molecule has 1 aliphatic carbocycles. The standard InChI is InChI=1S/C14H16N4O2S/c1-2-20-13(19)12(10-6-4-3-5-7-10)21-14-15-16-17-18(14)11-8-9-11/h3-7,11-12H,2,8-9H2,1H3. The second-order valence-corrected chi connectivity index (χ2v) is 5.87. The van der Waals surface area contributed by atoms with E-state index in [1.54, 1.807) is 11.6 Å². The van der Waals surface area contributed by atoms with E-state index in [4.69, 9.17) is 4.74 Å². The van der Waals surface area contributed by atoms with Gasteiger partial charge in [-0.25, -0.2) is 4.68 Å². The van der Waals surface area contributed by atoms with Crippen molar-refractivity contribution in [1.29, 1.82) is 0 Å². The number of esters is 1. The van der Waals surface area contributed by atoms with Crippen LogP contribution < -0.4 is 0 Å². The van der Waals surface area contributed by atoms with Gasteiger partial charge in [-0.05, 0) is 35.8 Å². The molecule has 1 aromatic carbocycles. The molecule has 1 heterocycles. The van der Waals surface area contributed by atoms with Gasteiger partial charge in [-0.3, -0.25) is 4.79 Å². The molecule has 110 valence electrons. The molecule has 7 heteroatoms. The first-order valence-electron chi connectivity index (χ1n) is 6.95. The Morgan fingerprint density at radius 1 is 1.43 bits per heavy atom. The summed E-state index contributed by atoms with van der Waals surface area (Å²) >= 11 is 1.34. The fourth-order valence-corrected chi connectivity index (χ4v) is 3.06. The highest BCUT2D eigenvalue weighted by atomic mass is 32.2. The number of aromatic nitrogens is 4. The molecule has 0 spiro atoms. The SMILES string of the molecule is CCOC(=O)C(Sc1nnnn1C1CC1)c1ccccc1. The lowest BCUT2D eigenvalue weighted by molar-refractivity contribution is -0.142. The summed E-state index contributed by atoms with van der Waals surface area (Å²) < 4.78 is 6.99. The van der Waals surface area contributed by atoms with Crippen molar-refractivity contribution in [2.45, 2.75) is 36.2 Å². The van der Waals surface area contributed by atoms with Crippen LogP contribution in [-0.2, 0) is 9.53 Å². The maximum absolute atomic E-state index is 12.2. The molecule has 0 amide bonds. The van der Waals surface area contributed by atoms with Gasteiger partial charge < -0.3 is 4.74 Å². The van der Waals surface area contributed by atoms with Crippen molar-refractivity contribution < 1.29 is 9.53 Å². The molecule has 3 rings (SSSR count). The molecule has 2 aromatic rings. The van der Waals surface area contributed by atoms with E-state index in [2.05, 4.69) is 15.5 Å². The normalized spacial score (nSPS) is 15.7. The molecule has 0 bridgehead atoms. The van der Waals surface area contributed by atoms with E-state index >= 15 is 0 Å². The van der Waals surface area contributed by atoms with E-state index in [0.29, 0.717) is 17.8 Å². The second kappa shape index (κ2) is 6.26. The van der Waals surface area contributed by atoms with Gasteiger partial charge in [-0.15, -0.1) is 5.10 Å². The smallest absolute Gasteiger partial charge is 0.324 e. The zero-order valence-electron chi connectivity index (χ0n) is 11.7. The van der Waals surface area contributed by atoms with Crippen molar-refractivity contribution in [3.63, 3.8) is 0 Å². The number of carbonyl (C=O) groups is 1. The highest BCUT2D eigenvalue weighted by molar-refractivity contribution is 8.00. The molecular weight excluding hydrogens is 288 g/mol. The average Bonchev–Trinajstić information content (AvgIpc) is 3.25. The number of hydrogen-bond donors (Lipinski definition) is 0. The van der Waals surface area contributed by atoms with Crippen molar-refractivity contribution in [3.8, 4) is 0 Å². The Bertz CT molecular complexity index is 612. The third kappa shape index (κ3) is 3.24. The van der Waals surface area contributed by atoms with Crippen LogP contribution in [0.2, 0.25) is 0 Å². The summed E-state index contributed by atoms with van der Waals surface area (Å²) in [6.45, 7) is 2.16. The largest absolute Gasteiger partial charge is 0.465 e. The van der Waals surface area contributed by atoms with Crippen molar-refractivity contribution in [2.75, 3.05) is 6.61 Å². The Morgan fingerprint density at radius 2 is 2.19 bits per heavy atom. The molecular formula is C14H16N4O2S. The van der Waals surface area contributed by atoms with Gasteiger partial charge in [0.2, 0.25) is 5.16 Å². The van der Waals surface area contributed by atoms with E-state index in [0.717, 1.165) is 18.4 Å². The number of tetrazole rings is 1. The van der Waals surface area contributed by atoms with E-state index < -0.39 is 5.25 Å². The minimum absolute atomic E-state index is 0.265. The Hall–Kier alpha value is -1.89. The van der Waals surface area contributed by atoms with E-state index in [9.17, 15) is 4.79 Å². The molecule has 1 unspecified atom stereocenters. The molecule has 21 heavy (non-hydrogen) atoms. The third-order valence-electron chi connectivity index (χ3n) is 3.18. The third-order valence-corrected chi connectivity index (χ3v) is 4.36. The Kier molecular flexibility index (Phi) is 4.19. The van der Waals surface area contributed by atoms with Crippen LogP contribution in [0.15, 0.2) is 35.5 Å². The predicted molar refractivity (Wildman–Crippen MR) is 77.8 cm³/mol. The van der Waals surface area contributed by atoms with Gasteiger partial charge in [0.15, 0.2) is 0 Å². The highest BCUT2D eigenvalue weighted by Crippen LogP contribution is 2.40. The number of carbonyl (C=O) groups excluding carboxylic acids is 1. The molecule has 1 aliphatic rings. The van der Waals surface area contributed by atoms with Crippen LogP contribution in [0.25, 0.3) is 0 Å². The lowest BCUT2D eigenvalue weighted by Crippen LogP contribution is -2.14. The van der Waals surface area contributed by atoms with Crippen molar-refractivity contribution in [3.05, 3.63) is 35.9 Å². The number of thioether (sulfide) groups is 1. The van der Waals surface area contributed by atoms with E-state index in [1.165, 1.54) is 11.8 Å². The minimum Gasteiger partial charge on any atom is -0.465 e. The lowest BCUT2D eigenvalue weighted by Gasteiger charge is -2.14. The molecule has 1 atom stereocenters. The Balaban J connectivity index is 1.85. The van der Waals surface area contributed by atoms with Crippen LogP contribution in [-0.4, -0.2) is 32.8 Å². The molecule has 1 saturated carbocycles. The summed E-state index contributed by atoms with van der Waals surface area (Å²) in [4.78, 5) is 12.2. The van der Waals surface area contributed by atoms with E-state index in [1.807, 2.05) is 30.3 Å². The molecule has 1 fully saturated rings. The molecule has 0 radical (unpaired) electrons. The van der Waals surface area contributed by atoms with Crippen molar-refractivity contribution >= 4 is 17.7 Å². The Labute approximate surface area is 126 Å². The van der Waals surface area contributed by atoms with Crippen molar-refractivity contribution in [2.24, 2.45) is 0 Å². The number of rotatable bonds is 6. The van der Waals surface area contributed by atoms with Crippen LogP contribution in [0.4, 0.5) is 0 Å². The molecule has 0 aliphatic heterocycles. The Morgan fingerprint density at radius 3 is 2.86 bits per heavy atom. The van der Waals surface area contributed by atoms with Crippen molar-refractivity contribution in [1.82, 2.24) is 20.2 Å².